The highest BCUT2D eigenvalue weighted by Crippen LogP contribution is 2.40. The summed E-state index contributed by atoms with van der Waals surface area (Å²) in [5.41, 5.74) is 4.01. The molecule has 4 heterocycles. The van der Waals surface area contributed by atoms with E-state index in [1.54, 1.807) is 7.11 Å². The minimum absolute atomic E-state index is 0.489. The maximum absolute atomic E-state index is 5.77. The number of aliphatic imine (C=N–C) groups is 1. The fraction of sp³-hybridized carbons (Fsp3) is 0.364. The molecule has 10 heteroatoms. The van der Waals surface area contributed by atoms with E-state index in [0.717, 1.165) is 62.7 Å². The number of benzene rings is 1. The molecule has 0 spiro atoms. The van der Waals surface area contributed by atoms with Crippen LogP contribution in [0.25, 0.3) is 16.6 Å². The largest absolute Gasteiger partial charge is 0.495 e. The third-order valence-electron chi connectivity index (χ3n) is 6.20. The van der Waals surface area contributed by atoms with E-state index >= 15 is 0 Å². The molecule has 10 nitrogen and oxygen atoms in total. The highest BCUT2D eigenvalue weighted by molar-refractivity contribution is 6.20. The summed E-state index contributed by atoms with van der Waals surface area (Å²) in [6.45, 7) is 4.36. The predicted octanol–water partition coefficient (Wildman–Crippen LogP) is 3.23. The van der Waals surface area contributed by atoms with Crippen molar-refractivity contribution in [1.29, 1.82) is 0 Å². The van der Waals surface area contributed by atoms with E-state index in [9.17, 15) is 0 Å². The van der Waals surface area contributed by atoms with E-state index in [0.29, 0.717) is 12.6 Å². The standard InChI is InChI=1S/C22H25N9O/c1-11-27-28-12(2)31(11)17-8-16-14(7-18(17)32-4)20-21(25-16)23-10-24-22(20)26-19-9-15(13-5-6-13)29-30(19)3/h7-9,13,23,25H,5-6,10H2,1-4H3,(H,24,26). The smallest absolute Gasteiger partial charge is 0.143 e. The first-order valence-corrected chi connectivity index (χ1v) is 10.8. The summed E-state index contributed by atoms with van der Waals surface area (Å²) >= 11 is 0. The Balaban J connectivity index is 1.45. The number of hydrogen-bond acceptors (Lipinski definition) is 7. The van der Waals surface area contributed by atoms with Gasteiger partial charge in [0.15, 0.2) is 0 Å². The molecule has 6 rings (SSSR count). The molecule has 32 heavy (non-hydrogen) atoms. The Morgan fingerprint density at radius 1 is 1.12 bits per heavy atom. The molecule has 3 aromatic heterocycles. The molecule has 2 aliphatic rings. The highest BCUT2D eigenvalue weighted by atomic mass is 16.5. The van der Waals surface area contributed by atoms with Crippen LogP contribution in [0.2, 0.25) is 0 Å². The Labute approximate surface area is 184 Å². The molecular formula is C22H25N9O. The first kappa shape index (κ1) is 18.9. The van der Waals surface area contributed by atoms with Crippen molar-refractivity contribution in [3.63, 3.8) is 0 Å². The molecule has 1 fully saturated rings. The minimum atomic E-state index is 0.489. The summed E-state index contributed by atoms with van der Waals surface area (Å²) in [5.74, 6) is 5.63. The lowest BCUT2D eigenvalue weighted by molar-refractivity contribution is 0.413. The number of aromatic amines is 1. The lowest BCUT2D eigenvalue weighted by Crippen LogP contribution is -2.22. The highest BCUT2D eigenvalue weighted by Gasteiger charge is 2.28. The van der Waals surface area contributed by atoms with Crippen molar-refractivity contribution < 1.29 is 4.74 Å². The summed E-state index contributed by atoms with van der Waals surface area (Å²) in [6, 6.07) is 6.25. The van der Waals surface area contributed by atoms with Crippen molar-refractivity contribution in [3.05, 3.63) is 41.1 Å². The van der Waals surface area contributed by atoms with Crippen LogP contribution in [0.4, 0.5) is 11.6 Å². The van der Waals surface area contributed by atoms with Gasteiger partial charge in [0.1, 0.15) is 41.5 Å². The van der Waals surface area contributed by atoms with Crippen molar-refractivity contribution in [2.45, 2.75) is 32.6 Å². The van der Waals surface area contributed by atoms with E-state index < -0.39 is 0 Å². The van der Waals surface area contributed by atoms with Gasteiger partial charge in [0.05, 0.1) is 29.6 Å². The van der Waals surface area contributed by atoms with Crippen molar-refractivity contribution in [1.82, 2.24) is 29.5 Å². The molecule has 4 aromatic rings. The van der Waals surface area contributed by atoms with Gasteiger partial charge in [-0.1, -0.05) is 0 Å². The van der Waals surface area contributed by atoms with Crippen LogP contribution in [-0.4, -0.2) is 49.1 Å². The lowest BCUT2D eigenvalue weighted by Gasteiger charge is -2.17. The third-order valence-corrected chi connectivity index (χ3v) is 6.20. The summed E-state index contributed by atoms with van der Waals surface area (Å²) < 4.78 is 9.66. The molecule has 1 aliphatic carbocycles. The molecule has 0 radical (unpaired) electrons. The SMILES string of the molecule is COc1cc2c3c([nH]c2cc1-n1c(C)nnc1C)NCN=C3Nc1cc(C2CC2)nn1C. The maximum Gasteiger partial charge on any atom is 0.143 e. The van der Waals surface area contributed by atoms with Crippen LogP contribution in [0, 0.1) is 13.8 Å². The van der Waals surface area contributed by atoms with Crippen molar-refractivity contribution >= 4 is 28.4 Å². The van der Waals surface area contributed by atoms with Crippen molar-refractivity contribution in [3.8, 4) is 11.4 Å². The molecule has 0 atom stereocenters. The zero-order valence-corrected chi connectivity index (χ0v) is 18.5. The average molecular weight is 432 g/mol. The summed E-state index contributed by atoms with van der Waals surface area (Å²) in [6.07, 6.45) is 2.45. The topological polar surface area (TPSA) is 110 Å². The van der Waals surface area contributed by atoms with Gasteiger partial charge in [-0.25, -0.2) is 4.99 Å². The normalized spacial score (nSPS) is 15.4. The Morgan fingerprint density at radius 2 is 1.91 bits per heavy atom. The van der Waals surface area contributed by atoms with Gasteiger partial charge in [-0.05, 0) is 38.8 Å². The number of nitrogens with one attached hydrogen (secondary N) is 3. The molecular weight excluding hydrogens is 406 g/mol. The molecule has 1 aliphatic heterocycles. The summed E-state index contributed by atoms with van der Waals surface area (Å²) in [7, 11) is 3.64. The van der Waals surface area contributed by atoms with E-state index in [1.807, 2.05) is 36.2 Å². The molecule has 0 bridgehead atoms. The van der Waals surface area contributed by atoms with Crippen molar-refractivity contribution in [2.75, 3.05) is 24.4 Å². The number of H-pyrrole nitrogens is 1. The Kier molecular flexibility index (Phi) is 4.04. The molecule has 0 amide bonds. The second-order valence-electron chi connectivity index (χ2n) is 8.39. The second kappa shape index (κ2) is 6.84. The number of fused-ring (bicyclic) bond motifs is 3. The predicted molar refractivity (Wildman–Crippen MR) is 123 cm³/mol. The van der Waals surface area contributed by atoms with E-state index in [2.05, 4.69) is 43.0 Å². The number of ether oxygens (including phenoxy) is 1. The fourth-order valence-corrected chi connectivity index (χ4v) is 4.43. The van der Waals surface area contributed by atoms with Gasteiger partial charge >= 0.3 is 0 Å². The van der Waals surface area contributed by atoms with Gasteiger partial charge in [-0.2, -0.15) is 5.10 Å². The Bertz CT molecular complexity index is 1370. The molecule has 1 aromatic carbocycles. The third kappa shape index (κ3) is 2.86. The van der Waals surface area contributed by atoms with Gasteiger partial charge in [0.25, 0.3) is 0 Å². The van der Waals surface area contributed by atoms with E-state index in [-0.39, 0.29) is 0 Å². The minimum Gasteiger partial charge on any atom is -0.495 e. The molecule has 0 unspecified atom stereocenters. The van der Waals surface area contributed by atoms with E-state index in [4.69, 9.17) is 9.73 Å². The average Bonchev–Trinajstić information content (AvgIpc) is 3.37. The van der Waals surface area contributed by atoms with Gasteiger partial charge in [0, 0.05) is 24.4 Å². The first-order chi connectivity index (χ1) is 15.5. The van der Waals surface area contributed by atoms with Crippen LogP contribution in [0.15, 0.2) is 23.2 Å². The monoisotopic (exact) mass is 431 g/mol. The second-order valence-corrected chi connectivity index (χ2v) is 8.39. The Hall–Kier alpha value is -3.82. The van der Waals surface area contributed by atoms with Crippen LogP contribution in [0.1, 0.15) is 41.7 Å². The van der Waals surface area contributed by atoms with E-state index in [1.165, 1.54) is 12.8 Å². The van der Waals surface area contributed by atoms with Crippen LogP contribution in [0.5, 0.6) is 5.75 Å². The number of amidine groups is 1. The number of hydrogen-bond donors (Lipinski definition) is 3. The molecule has 0 saturated heterocycles. The van der Waals surface area contributed by atoms with Crippen molar-refractivity contribution in [2.24, 2.45) is 12.0 Å². The fourth-order valence-electron chi connectivity index (χ4n) is 4.43. The molecule has 164 valence electrons. The van der Waals surface area contributed by atoms with Gasteiger partial charge in [-0.3, -0.25) is 9.25 Å². The number of methoxy groups -OCH3 is 1. The summed E-state index contributed by atoms with van der Waals surface area (Å²) in [5, 5.41) is 20.9. The number of nitrogens with zero attached hydrogens (tertiary/aromatic N) is 6. The van der Waals surface area contributed by atoms with Crippen LogP contribution < -0.4 is 15.4 Å². The summed E-state index contributed by atoms with van der Waals surface area (Å²) in [4.78, 5) is 8.23. The van der Waals surface area contributed by atoms with Crippen LogP contribution in [-0.2, 0) is 7.05 Å². The maximum atomic E-state index is 5.77. The molecule has 1 saturated carbocycles. The zero-order chi connectivity index (χ0) is 22.0. The number of anilines is 2. The Morgan fingerprint density at radius 3 is 2.62 bits per heavy atom. The zero-order valence-electron chi connectivity index (χ0n) is 18.5. The number of rotatable bonds is 4. The van der Waals surface area contributed by atoms with Gasteiger partial charge in [-0.15, -0.1) is 10.2 Å². The first-order valence-electron chi connectivity index (χ1n) is 10.8. The quantitative estimate of drug-likeness (QED) is 0.458. The van der Waals surface area contributed by atoms with Crippen LogP contribution in [0.3, 0.4) is 0 Å². The molecule has 3 N–H and O–H groups in total. The van der Waals surface area contributed by atoms with Crippen LogP contribution >= 0.6 is 0 Å². The van der Waals surface area contributed by atoms with Gasteiger partial charge in [0.2, 0.25) is 0 Å². The number of aromatic nitrogens is 6. The van der Waals surface area contributed by atoms with Gasteiger partial charge < -0.3 is 20.4 Å². The lowest BCUT2D eigenvalue weighted by atomic mass is 10.1. The number of aryl methyl sites for hydroxylation is 3.